The molecule has 2 heterocycles. The van der Waals surface area contributed by atoms with E-state index in [-0.39, 0.29) is 23.1 Å². The molecule has 142 valence electrons. The van der Waals surface area contributed by atoms with Crippen LogP contribution >= 0.6 is 11.6 Å². The third kappa shape index (κ3) is 3.62. The number of alkyl halides is 3. The van der Waals surface area contributed by atoms with Crippen LogP contribution in [0.1, 0.15) is 29.5 Å². The van der Waals surface area contributed by atoms with E-state index in [1.54, 1.807) is 18.7 Å². The van der Waals surface area contributed by atoms with Gasteiger partial charge >= 0.3 is 12.1 Å². The lowest BCUT2D eigenvalue weighted by Crippen LogP contribution is -2.22. The Morgan fingerprint density at radius 3 is 2.48 bits per heavy atom. The summed E-state index contributed by atoms with van der Waals surface area (Å²) in [6.45, 7) is 11.2. The van der Waals surface area contributed by atoms with Gasteiger partial charge in [0.2, 0.25) is 5.82 Å². The van der Waals surface area contributed by atoms with Gasteiger partial charge in [-0.15, -0.1) is 10.2 Å². The Balaban J connectivity index is 2.09. The molecule has 1 aromatic carbocycles. The highest BCUT2D eigenvalue weighted by molar-refractivity contribution is 6.34. The van der Waals surface area contributed by atoms with Crippen LogP contribution in [0, 0.1) is 20.4 Å². The average molecular weight is 398 g/mol. The SMILES string of the molecule is [C-]#[N+]c1onc(N=Nc2c(C)cc(N3CCCC3)c(C(F)(F)F)c2Cl)c1C. The van der Waals surface area contributed by atoms with Crippen molar-refractivity contribution in [3.63, 3.8) is 0 Å². The van der Waals surface area contributed by atoms with E-state index in [1.165, 1.54) is 6.07 Å². The van der Waals surface area contributed by atoms with Gasteiger partial charge < -0.3 is 9.42 Å². The third-order valence-corrected chi connectivity index (χ3v) is 4.73. The molecule has 1 aromatic heterocycles. The number of azo groups is 1. The topological polar surface area (TPSA) is 58.4 Å². The van der Waals surface area contributed by atoms with E-state index in [0.29, 0.717) is 24.2 Å². The quantitative estimate of drug-likeness (QED) is 0.437. The van der Waals surface area contributed by atoms with Gasteiger partial charge in [0.25, 0.3) is 0 Å². The van der Waals surface area contributed by atoms with Gasteiger partial charge in [0.15, 0.2) is 0 Å². The Bertz CT molecular complexity index is 940. The second-order valence-corrected chi connectivity index (χ2v) is 6.57. The molecule has 0 aliphatic carbocycles. The van der Waals surface area contributed by atoms with Gasteiger partial charge in [-0.1, -0.05) is 16.8 Å². The van der Waals surface area contributed by atoms with Crippen LogP contribution in [0.25, 0.3) is 4.85 Å². The number of hydrogen-bond acceptors (Lipinski definition) is 5. The molecule has 2 aromatic rings. The minimum Gasteiger partial charge on any atom is -0.371 e. The molecule has 0 saturated carbocycles. The first-order valence-electron chi connectivity index (χ1n) is 8.14. The van der Waals surface area contributed by atoms with Crippen LogP contribution in [0.15, 0.2) is 20.8 Å². The van der Waals surface area contributed by atoms with Gasteiger partial charge in [-0.05, 0) is 38.3 Å². The number of halogens is 4. The van der Waals surface area contributed by atoms with Crippen molar-refractivity contribution in [3.05, 3.63) is 39.2 Å². The van der Waals surface area contributed by atoms with E-state index < -0.39 is 16.8 Å². The Morgan fingerprint density at radius 2 is 1.93 bits per heavy atom. The highest BCUT2D eigenvalue weighted by Crippen LogP contribution is 2.47. The van der Waals surface area contributed by atoms with Crippen LogP contribution in [-0.4, -0.2) is 18.2 Å². The zero-order valence-corrected chi connectivity index (χ0v) is 15.3. The first-order chi connectivity index (χ1) is 12.7. The summed E-state index contributed by atoms with van der Waals surface area (Å²) in [6, 6.07) is 1.44. The van der Waals surface area contributed by atoms with Crippen LogP contribution in [0.4, 0.5) is 36.2 Å². The summed E-state index contributed by atoms with van der Waals surface area (Å²) in [5.41, 5.74) is -0.116. The van der Waals surface area contributed by atoms with E-state index in [4.69, 9.17) is 22.7 Å². The summed E-state index contributed by atoms with van der Waals surface area (Å²) < 4.78 is 45.9. The molecule has 10 heteroatoms. The van der Waals surface area contributed by atoms with Crippen LogP contribution in [-0.2, 0) is 6.18 Å². The number of benzene rings is 1. The molecule has 3 rings (SSSR count). The van der Waals surface area contributed by atoms with Gasteiger partial charge in [0.05, 0.1) is 22.8 Å². The third-order valence-electron chi connectivity index (χ3n) is 4.36. The van der Waals surface area contributed by atoms with Crippen LogP contribution < -0.4 is 4.90 Å². The zero-order valence-electron chi connectivity index (χ0n) is 14.6. The number of aromatic nitrogens is 1. The maximum Gasteiger partial charge on any atom is 0.419 e. The first-order valence-corrected chi connectivity index (χ1v) is 8.52. The second-order valence-electron chi connectivity index (χ2n) is 6.19. The highest BCUT2D eigenvalue weighted by Gasteiger charge is 2.39. The minimum absolute atomic E-state index is 0.0219. The fraction of sp³-hybridized carbons (Fsp3) is 0.412. The lowest BCUT2D eigenvalue weighted by atomic mass is 10.1. The summed E-state index contributed by atoms with van der Waals surface area (Å²) >= 11 is 6.13. The van der Waals surface area contributed by atoms with Gasteiger partial charge in [-0.25, -0.2) is 0 Å². The molecule has 6 nitrogen and oxygen atoms in total. The molecule has 0 spiro atoms. The molecule has 0 radical (unpaired) electrons. The van der Waals surface area contributed by atoms with Gasteiger partial charge in [0.1, 0.15) is 5.69 Å². The van der Waals surface area contributed by atoms with Crippen LogP contribution in [0.3, 0.4) is 0 Å². The first kappa shape index (κ1) is 19.2. The van der Waals surface area contributed by atoms with Crippen molar-refractivity contribution in [1.82, 2.24) is 5.16 Å². The fourth-order valence-electron chi connectivity index (χ4n) is 2.96. The molecule has 1 aliphatic rings. The summed E-state index contributed by atoms with van der Waals surface area (Å²) in [5.74, 6) is -0.0271. The molecular formula is C17H15ClF3N5O. The molecular weight excluding hydrogens is 383 g/mol. The summed E-state index contributed by atoms with van der Waals surface area (Å²) in [6.07, 6.45) is -2.96. The van der Waals surface area contributed by atoms with Crippen LogP contribution in [0.5, 0.6) is 0 Å². The average Bonchev–Trinajstić information content (AvgIpc) is 3.23. The Hall–Kier alpha value is -2.60. The van der Waals surface area contributed by atoms with Crippen molar-refractivity contribution in [2.45, 2.75) is 32.9 Å². The predicted octanol–water partition coefficient (Wildman–Crippen LogP) is 6.53. The van der Waals surface area contributed by atoms with Gasteiger partial charge in [-0.3, -0.25) is 0 Å². The largest absolute Gasteiger partial charge is 0.419 e. The number of nitrogens with zero attached hydrogens (tertiary/aromatic N) is 5. The van der Waals surface area contributed by atoms with Crippen molar-refractivity contribution >= 4 is 34.7 Å². The van der Waals surface area contributed by atoms with Gasteiger partial charge in [0, 0.05) is 18.7 Å². The van der Waals surface area contributed by atoms with Gasteiger partial charge in [-0.2, -0.15) is 18.0 Å². The number of hydrogen-bond donors (Lipinski definition) is 0. The van der Waals surface area contributed by atoms with Crippen molar-refractivity contribution in [1.29, 1.82) is 0 Å². The number of rotatable bonds is 3. The lowest BCUT2D eigenvalue weighted by molar-refractivity contribution is -0.137. The Labute approximate surface area is 158 Å². The maximum absolute atomic E-state index is 13.7. The molecule has 1 fully saturated rings. The van der Waals surface area contributed by atoms with Crippen molar-refractivity contribution in [2.24, 2.45) is 10.2 Å². The number of aryl methyl sites for hydroxylation is 1. The van der Waals surface area contributed by atoms with Crippen LogP contribution in [0.2, 0.25) is 5.02 Å². The Morgan fingerprint density at radius 1 is 1.26 bits per heavy atom. The predicted molar refractivity (Wildman–Crippen MR) is 94.3 cm³/mol. The number of anilines is 1. The summed E-state index contributed by atoms with van der Waals surface area (Å²) in [7, 11) is 0. The maximum atomic E-state index is 13.7. The summed E-state index contributed by atoms with van der Waals surface area (Å²) in [4.78, 5) is 4.81. The Kier molecular flexibility index (Phi) is 5.11. The van der Waals surface area contributed by atoms with E-state index in [9.17, 15) is 13.2 Å². The van der Waals surface area contributed by atoms with Crippen molar-refractivity contribution < 1.29 is 17.7 Å². The molecule has 0 bridgehead atoms. The van der Waals surface area contributed by atoms with E-state index in [2.05, 4.69) is 20.2 Å². The van der Waals surface area contributed by atoms with Crippen molar-refractivity contribution in [2.75, 3.05) is 18.0 Å². The van der Waals surface area contributed by atoms with E-state index >= 15 is 0 Å². The highest BCUT2D eigenvalue weighted by atomic mass is 35.5. The molecule has 0 N–H and O–H groups in total. The second kappa shape index (κ2) is 7.19. The molecule has 0 atom stereocenters. The normalized spacial score (nSPS) is 14.9. The van der Waals surface area contributed by atoms with E-state index in [0.717, 1.165) is 12.8 Å². The molecule has 1 aliphatic heterocycles. The fourth-order valence-corrected chi connectivity index (χ4v) is 3.35. The van der Waals surface area contributed by atoms with Crippen molar-refractivity contribution in [3.8, 4) is 0 Å². The lowest BCUT2D eigenvalue weighted by Gasteiger charge is -2.25. The minimum atomic E-state index is -4.63. The molecule has 0 amide bonds. The molecule has 0 unspecified atom stereocenters. The smallest absolute Gasteiger partial charge is 0.371 e. The zero-order chi connectivity index (χ0) is 19.8. The monoisotopic (exact) mass is 397 g/mol. The van der Waals surface area contributed by atoms with E-state index in [1.807, 2.05) is 0 Å². The molecule has 27 heavy (non-hydrogen) atoms. The molecule has 1 saturated heterocycles. The summed E-state index contributed by atoms with van der Waals surface area (Å²) in [5, 5.41) is 10.8. The standard InChI is InChI=1S/C17H15ClF3N5O/c1-9-8-11(26-6-4-5-7-26)12(17(19,20)21)13(18)14(9)23-24-15-10(2)16(22-3)27-25-15/h8H,4-7H2,1-2H3.